The number of primary amides is 1. The van der Waals surface area contributed by atoms with Gasteiger partial charge in [0.1, 0.15) is 11.5 Å². The topological polar surface area (TPSA) is 174 Å². The van der Waals surface area contributed by atoms with Crippen LogP contribution in [-0.4, -0.2) is 47.7 Å². The van der Waals surface area contributed by atoms with E-state index < -0.39 is 11.3 Å². The summed E-state index contributed by atoms with van der Waals surface area (Å²) in [5, 5.41) is 30.9. The van der Waals surface area contributed by atoms with Crippen LogP contribution < -0.4 is 16.9 Å². The number of amides is 2. The van der Waals surface area contributed by atoms with E-state index in [-0.39, 0.29) is 30.4 Å². The number of nitriles is 1. The maximum Gasteiger partial charge on any atom is 0.258 e. The fourth-order valence-corrected chi connectivity index (χ4v) is 7.62. The molecule has 2 aromatic heterocycles. The van der Waals surface area contributed by atoms with Crippen LogP contribution in [0.1, 0.15) is 56.7 Å². The summed E-state index contributed by atoms with van der Waals surface area (Å²) < 4.78 is 0. The lowest BCUT2D eigenvalue weighted by atomic mass is 9.76. The van der Waals surface area contributed by atoms with Gasteiger partial charge in [-0.15, -0.1) is 27.8 Å². The van der Waals surface area contributed by atoms with Gasteiger partial charge in [-0.3, -0.25) is 15.0 Å². The van der Waals surface area contributed by atoms with E-state index >= 15 is 0 Å². The Morgan fingerprint density at radius 2 is 2.17 bits per heavy atom. The third-order valence-corrected chi connectivity index (χ3v) is 9.21. The normalized spacial score (nSPS) is 22.3. The van der Waals surface area contributed by atoms with E-state index in [1.165, 1.54) is 22.7 Å². The molecule has 0 aromatic carbocycles. The molecule has 35 heavy (non-hydrogen) atoms. The van der Waals surface area contributed by atoms with Crippen molar-refractivity contribution in [3.05, 3.63) is 43.3 Å². The molecular weight excluding hydrogens is 484 g/mol. The number of fused-ring (bicyclic) bond motifs is 2. The first-order valence-electron chi connectivity index (χ1n) is 11.4. The number of nitrogens with one attached hydrogen (secondary N) is 2. The van der Waals surface area contributed by atoms with Crippen LogP contribution in [0.2, 0.25) is 0 Å². The Labute approximate surface area is 211 Å². The van der Waals surface area contributed by atoms with Crippen molar-refractivity contribution >= 4 is 40.3 Å². The van der Waals surface area contributed by atoms with Gasteiger partial charge in [0.2, 0.25) is 5.91 Å². The van der Waals surface area contributed by atoms with Crippen molar-refractivity contribution in [2.75, 3.05) is 13.1 Å². The van der Waals surface area contributed by atoms with Crippen LogP contribution >= 0.6 is 22.7 Å². The van der Waals surface area contributed by atoms with E-state index in [4.69, 9.17) is 17.0 Å². The van der Waals surface area contributed by atoms with Crippen LogP contribution in [0.15, 0.2) is 27.9 Å². The van der Waals surface area contributed by atoms with Crippen LogP contribution in [0.25, 0.3) is 0 Å². The molecule has 2 amide bonds. The second-order valence-electron chi connectivity index (χ2n) is 8.93. The van der Waals surface area contributed by atoms with Gasteiger partial charge in [0.25, 0.3) is 5.91 Å². The van der Waals surface area contributed by atoms with E-state index in [9.17, 15) is 14.9 Å². The minimum Gasteiger partial charge on any atom is -0.365 e. The zero-order valence-electron chi connectivity index (χ0n) is 19.4. The average molecular weight is 513 g/mol. The van der Waals surface area contributed by atoms with Crippen molar-refractivity contribution in [1.29, 1.82) is 10.7 Å². The third kappa shape index (κ3) is 4.59. The summed E-state index contributed by atoms with van der Waals surface area (Å²) in [6.07, 6.45) is 3.41. The number of nitrogens with zero attached hydrogens (tertiary/aromatic N) is 4. The number of hydrogen-bond acceptors (Lipinski definition) is 8. The number of carbonyl (C=O) groups is 2. The average Bonchev–Trinajstić information content (AvgIpc) is 3.58. The van der Waals surface area contributed by atoms with Crippen molar-refractivity contribution in [3.63, 3.8) is 0 Å². The number of likely N-dealkylation sites (tertiary alicyclic amines) is 1. The molecule has 12 heteroatoms. The van der Waals surface area contributed by atoms with Crippen molar-refractivity contribution < 1.29 is 9.59 Å². The number of nitrogens with two attached hydrogens (primary N) is 2. The molecule has 1 aliphatic heterocycles. The number of carbonyl (C=O) groups excluding carboxylic acids is 2. The first-order valence-corrected chi connectivity index (χ1v) is 13.1. The lowest BCUT2D eigenvalue weighted by Crippen LogP contribution is -2.46. The summed E-state index contributed by atoms with van der Waals surface area (Å²) in [6.45, 7) is 2.63. The minimum absolute atomic E-state index is 0.0196. The van der Waals surface area contributed by atoms with Crippen LogP contribution in [0.4, 0.5) is 0 Å². The third-order valence-electron chi connectivity index (χ3n) is 6.74. The highest BCUT2D eigenvalue weighted by atomic mass is 32.1. The van der Waals surface area contributed by atoms with Crippen LogP contribution in [0.5, 0.6) is 0 Å². The Morgan fingerprint density at radius 3 is 2.89 bits per heavy atom. The molecule has 0 bridgehead atoms. The number of hydrogen-bond donors (Lipinski definition) is 4. The Bertz CT molecular complexity index is 1210. The molecule has 2 aromatic rings. The zero-order chi connectivity index (χ0) is 25.2. The molecule has 0 spiro atoms. The second kappa shape index (κ2) is 10.2. The van der Waals surface area contributed by atoms with Crippen LogP contribution in [0.3, 0.4) is 0 Å². The predicted molar refractivity (Wildman–Crippen MR) is 135 cm³/mol. The summed E-state index contributed by atoms with van der Waals surface area (Å²) in [7, 11) is 0. The quantitative estimate of drug-likeness (QED) is 0.146. The summed E-state index contributed by atoms with van der Waals surface area (Å²) in [6, 6.07) is 5.49. The smallest absolute Gasteiger partial charge is 0.258 e. The Kier molecular flexibility index (Phi) is 7.30. The van der Waals surface area contributed by atoms with Gasteiger partial charge in [0, 0.05) is 22.3 Å². The molecule has 1 saturated heterocycles. The van der Waals surface area contributed by atoms with E-state index in [0.29, 0.717) is 30.7 Å². The highest BCUT2D eigenvalue weighted by Gasteiger charge is 2.47. The van der Waals surface area contributed by atoms with E-state index in [1.807, 2.05) is 18.4 Å². The summed E-state index contributed by atoms with van der Waals surface area (Å²) in [5.74, 6) is 4.74. The highest BCUT2D eigenvalue weighted by molar-refractivity contribution is 7.15. The lowest BCUT2D eigenvalue weighted by Gasteiger charge is -2.34. The standard InChI is InChI=1S/C23H28N8O2S2/c1-13(28-12-18(32)31-7-2-3-16(31)11-24)10-23(22(26)29-30-27)19-14(6-8-34-19)4-5-15-9-17(21(25)33)35-20(15)23/h6,8-9,13,16,28H,2-5,7,10,12H2,1H3,(H2,25,33)(H3,26,27,29)/t13-,16?,23?/m1/s1. The fourth-order valence-electron chi connectivity index (χ4n) is 5.11. The molecule has 1 aliphatic carbocycles. The maximum atomic E-state index is 12.8. The van der Waals surface area contributed by atoms with E-state index in [1.54, 1.807) is 4.90 Å². The molecule has 184 valence electrons. The molecule has 3 heterocycles. The molecule has 1 fully saturated rings. The molecule has 6 N–H and O–H groups in total. The van der Waals surface area contributed by atoms with Crippen molar-refractivity contribution in [3.8, 4) is 6.07 Å². The van der Waals surface area contributed by atoms with Gasteiger partial charge in [-0.2, -0.15) is 5.26 Å². The van der Waals surface area contributed by atoms with Gasteiger partial charge in [-0.1, -0.05) is 5.22 Å². The maximum absolute atomic E-state index is 12.8. The first-order chi connectivity index (χ1) is 16.8. The molecule has 10 nitrogen and oxygen atoms in total. The molecule has 0 radical (unpaired) electrons. The van der Waals surface area contributed by atoms with Gasteiger partial charge in [-0.25, -0.2) is 0 Å². The first kappa shape index (κ1) is 25.0. The Balaban J connectivity index is 1.69. The predicted octanol–water partition coefficient (Wildman–Crippen LogP) is 2.48. The SMILES string of the molecule is C[C@H](CC1(C(=N)N=NN)c2sccc2CCc2cc(C(N)=O)sc21)NCC(=O)N1CCCC1C#N. The number of amidine groups is 1. The largest absolute Gasteiger partial charge is 0.365 e. The van der Waals surface area contributed by atoms with Gasteiger partial charge in [0.15, 0.2) is 5.84 Å². The summed E-state index contributed by atoms with van der Waals surface area (Å²) >= 11 is 2.82. The Morgan fingerprint density at radius 1 is 1.40 bits per heavy atom. The van der Waals surface area contributed by atoms with Crippen molar-refractivity contribution in [2.45, 2.75) is 56.5 Å². The van der Waals surface area contributed by atoms with Crippen LogP contribution in [0, 0.1) is 16.7 Å². The number of thiophene rings is 2. The van der Waals surface area contributed by atoms with E-state index in [2.05, 4.69) is 27.8 Å². The van der Waals surface area contributed by atoms with Crippen molar-refractivity contribution in [1.82, 2.24) is 10.2 Å². The number of rotatable bonds is 7. The molecule has 2 unspecified atom stereocenters. The van der Waals surface area contributed by atoms with E-state index in [0.717, 1.165) is 33.7 Å². The number of aryl methyl sites for hydroxylation is 2. The monoisotopic (exact) mass is 512 g/mol. The highest BCUT2D eigenvalue weighted by Crippen LogP contribution is 2.49. The van der Waals surface area contributed by atoms with Gasteiger partial charge in [0.05, 0.1) is 17.5 Å². The lowest BCUT2D eigenvalue weighted by molar-refractivity contribution is -0.130. The van der Waals surface area contributed by atoms with Gasteiger partial charge >= 0.3 is 0 Å². The van der Waals surface area contributed by atoms with Gasteiger partial charge in [-0.05, 0) is 67.7 Å². The van der Waals surface area contributed by atoms with Crippen molar-refractivity contribution in [2.24, 2.45) is 21.9 Å². The fraction of sp³-hybridized carbons (Fsp3) is 0.478. The minimum atomic E-state index is -0.991. The molecule has 3 atom stereocenters. The summed E-state index contributed by atoms with van der Waals surface area (Å²) in [4.78, 5) is 28.7. The molecule has 4 rings (SSSR count). The molecule has 2 aliphatic rings. The second-order valence-corrected chi connectivity index (χ2v) is 10.9. The zero-order valence-corrected chi connectivity index (χ0v) is 21.0. The van der Waals surface area contributed by atoms with Crippen LogP contribution in [-0.2, 0) is 23.1 Å². The molecular formula is C23H28N8O2S2. The molecule has 0 saturated carbocycles. The van der Waals surface area contributed by atoms with Gasteiger partial charge < -0.3 is 21.8 Å². The Hall–Kier alpha value is -3.14. The summed E-state index contributed by atoms with van der Waals surface area (Å²) in [5.41, 5.74) is 6.70.